The maximum absolute atomic E-state index is 12.3. The van der Waals surface area contributed by atoms with Crippen LogP contribution in [0.2, 0.25) is 0 Å². The number of carbonyl (C=O) groups is 2. The van der Waals surface area contributed by atoms with E-state index in [1.807, 2.05) is 24.3 Å². The Labute approximate surface area is 167 Å². The van der Waals surface area contributed by atoms with Crippen molar-refractivity contribution < 1.29 is 23.6 Å². The Hall–Kier alpha value is -2.88. The fraction of sp³-hybridized carbons (Fsp3) is 0.300. The normalized spacial score (nSPS) is 13.0. The van der Waals surface area contributed by atoms with Crippen LogP contribution in [0.5, 0.6) is 0 Å². The van der Waals surface area contributed by atoms with Gasteiger partial charge in [0.05, 0.1) is 6.54 Å². The van der Waals surface area contributed by atoms with Gasteiger partial charge < -0.3 is 16.4 Å². The summed E-state index contributed by atoms with van der Waals surface area (Å²) in [5.41, 5.74) is 10.1. The van der Waals surface area contributed by atoms with E-state index in [0.717, 1.165) is 16.7 Å². The molecule has 0 bridgehead atoms. The SMILES string of the molecule is C[C@@H](N)[C@H](NC(=O)c1ccc(-c2ccc(CNCC(F)F)cc2)cc1)C(=O)NO. The van der Waals surface area contributed by atoms with Gasteiger partial charge in [0.15, 0.2) is 0 Å². The van der Waals surface area contributed by atoms with Crippen LogP contribution in [0, 0.1) is 0 Å². The fourth-order valence-corrected chi connectivity index (χ4v) is 2.68. The van der Waals surface area contributed by atoms with Gasteiger partial charge in [0.25, 0.3) is 18.2 Å². The standard InChI is InChI=1S/C20H24F2N4O3/c1-12(23)18(20(28)26-29)25-19(27)16-8-6-15(7-9-16)14-4-2-13(3-5-14)10-24-11-17(21)22/h2-9,12,17-18,24,29H,10-11,23H2,1H3,(H,25,27)(H,26,28)/t12-,18+/m1/s1. The first-order valence-electron chi connectivity index (χ1n) is 9.00. The molecule has 0 saturated heterocycles. The van der Waals surface area contributed by atoms with Gasteiger partial charge in [-0.25, -0.2) is 14.3 Å². The van der Waals surface area contributed by atoms with Crippen molar-refractivity contribution in [1.82, 2.24) is 16.1 Å². The van der Waals surface area contributed by atoms with Crippen LogP contribution in [0.15, 0.2) is 48.5 Å². The largest absolute Gasteiger partial charge is 0.339 e. The highest BCUT2D eigenvalue weighted by molar-refractivity contribution is 5.98. The minimum atomic E-state index is -2.38. The van der Waals surface area contributed by atoms with E-state index < -0.39 is 30.3 Å². The Bertz CT molecular complexity index is 811. The summed E-state index contributed by atoms with van der Waals surface area (Å²) in [5.74, 6) is -1.30. The van der Waals surface area contributed by atoms with Crippen LogP contribution >= 0.6 is 0 Å². The van der Waals surface area contributed by atoms with Crippen molar-refractivity contribution >= 4 is 11.8 Å². The van der Waals surface area contributed by atoms with Crippen molar-refractivity contribution in [2.45, 2.75) is 32.0 Å². The maximum atomic E-state index is 12.3. The smallest absolute Gasteiger partial charge is 0.267 e. The Morgan fingerprint density at radius 1 is 1.03 bits per heavy atom. The lowest BCUT2D eigenvalue weighted by Gasteiger charge is -2.20. The average Bonchev–Trinajstić information content (AvgIpc) is 2.71. The third-order valence-electron chi connectivity index (χ3n) is 4.27. The van der Waals surface area contributed by atoms with Crippen LogP contribution < -0.4 is 21.8 Å². The molecular weight excluding hydrogens is 382 g/mol. The van der Waals surface area contributed by atoms with Crippen molar-refractivity contribution in [3.63, 3.8) is 0 Å². The average molecular weight is 406 g/mol. The molecule has 0 radical (unpaired) electrons. The third kappa shape index (κ3) is 6.60. The van der Waals surface area contributed by atoms with E-state index in [9.17, 15) is 18.4 Å². The van der Waals surface area contributed by atoms with E-state index in [-0.39, 0.29) is 6.54 Å². The van der Waals surface area contributed by atoms with Crippen LogP contribution in [0.3, 0.4) is 0 Å². The van der Waals surface area contributed by atoms with Gasteiger partial charge in [-0.2, -0.15) is 0 Å². The van der Waals surface area contributed by atoms with E-state index in [4.69, 9.17) is 10.9 Å². The van der Waals surface area contributed by atoms with Gasteiger partial charge in [0.1, 0.15) is 6.04 Å². The number of hydrogen-bond acceptors (Lipinski definition) is 5. The maximum Gasteiger partial charge on any atom is 0.267 e. The molecule has 0 spiro atoms. The molecule has 156 valence electrons. The summed E-state index contributed by atoms with van der Waals surface area (Å²) in [4.78, 5) is 23.9. The minimum Gasteiger partial charge on any atom is -0.339 e. The molecule has 0 unspecified atom stereocenters. The van der Waals surface area contributed by atoms with E-state index >= 15 is 0 Å². The summed E-state index contributed by atoms with van der Waals surface area (Å²) in [6.07, 6.45) is -2.38. The fourth-order valence-electron chi connectivity index (χ4n) is 2.68. The second-order valence-electron chi connectivity index (χ2n) is 6.58. The molecule has 0 aliphatic rings. The van der Waals surface area contributed by atoms with Crippen molar-refractivity contribution in [1.29, 1.82) is 0 Å². The molecule has 0 fully saturated rings. The summed E-state index contributed by atoms with van der Waals surface area (Å²) in [6.45, 7) is 1.54. The topological polar surface area (TPSA) is 116 Å². The van der Waals surface area contributed by atoms with Gasteiger partial charge in [-0.3, -0.25) is 14.8 Å². The van der Waals surface area contributed by atoms with Gasteiger partial charge in [0.2, 0.25) is 0 Å². The molecule has 2 rings (SSSR count). The second kappa shape index (κ2) is 10.6. The number of hydroxylamine groups is 1. The summed E-state index contributed by atoms with van der Waals surface area (Å²) in [7, 11) is 0. The predicted octanol–water partition coefficient (Wildman–Crippen LogP) is 1.66. The number of nitrogens with one attached hydrogen (secondary N) is 3. The molecule has 0 aliphatic carbocycles. The summed E-state index contributed by atoms with van der Waals surface area (Å²) >= 11 is 0. The van der Waals surface area contributed by atoms with Gasteiger partial charge in [-0.15, -0.1) is 0 Å². The summed E-state index contributed by atoms with van der Waals surface area (Å²) < 4.78 is 24.3. The van der Waals surface area contributed by atoms with E-state index in [2.05, 4.69) is 10.6 Å². The van der Waals surface area contributed by atoms with Crippen LogP contribution in [-0.4, -0.2) is 42.1 Å². The summed E-state index contributed by atoms with van der Waals surface area (Å²) in [5, 5.41) is 13.9. The van der Waals surface area contributed by atoms with Gasteiger partial charge >= 0.3 is 0 Å². The quantitative estimate of drug-likeness (QED) is 0.321. The van der Waals surface area contributed by atoms with Crippen LogP contribution in [0.25, 0.3) is 11.1 Å². The highest BCUT2D eigenvalue weighted by Crippen LogP contribution is 2.20. The number of nitrogens with two attached hydrogens (primary N) is 1. The van der Waals surface area contributed by atoms with E-state index in [0.29, 0.717) is 12.1 Å². The predicted molar refractivity (Wildman–Crippen MR) is 104 cm³/mol. The molecule has 9 heteroatoms. The lowest BCUT2D eigenvalue weighted by atomic mass is 10.0. The van der Waals surface area contributed by atoms with Gasteiger partial charge in [-0.05, 0) is 35.7 Å². The summed E-state index contributed by atoms with van der Waals surface area (Å²) in [6, 6.07) is 12.4. The monoisotopic (exact) mass is 406 g/mol. The molecule has 7 nitrogen and oxygen atoms in total. The number of amides is 2. The first-order valence-corrected chi connectivity index (χ1v) is 9.00. The molecule has 0 saturated carbocycles. The third-order valence-corrected chi connectivity index (χ3v) is 4.27. The van der Waals surface area contributed by atoms with Crippen LogP contribution in [0.4, 0.5) is 8.78 Å². The number of carbonyl (C=O) groups excluding carboxylic acids is 2. The molecule has 2 amide bonds. The van der Waals surface area contributed by atoms with Crippen molar-refractivity contribution in [2.24, 2.45) is 5.73 Å². The Morgan fingerprint density at radius 2 is 1.59 bits per heavy atom. The van der Waals surface area contributed by atoms with E-state index in [1.165, 1.54) is 12.4 Å². The zero-order valence-corrected chi connectivity index (χ0v) is 15.9. The van der Waals surface area contributed by atoms with Crippen molar-refractivity contribution in [3.05, 3.63) is 59.7 Å². The number of rotatable bonds is 9. The minimum absolute atomic E-state index is 0.331. The number of benzene rings is 2. The Kier molecular flexibility index (Phi) is 8.20. The van der Waals surface area contributed by atoms with Gasteiger partial charge in [-0.1, -0.05) is 36.4 Å². The number of hydrogen-bond donors (Lipinski definition) is 5. The van der Waals surface area contributed by atoms with Crippen molar-refractivity contribution in [3.8, 4) is 11.1 Å². The Balaban J connectivity index is 2.02. The number of halogens is 2. The highest BCUT2D eigenvalue weighted by atomic mass is 19.3. The molecule has 6 N–H and O–H groups in total. The molecular formula is C20H24F2N4O3. The molecule has 0 aliphatic heterocycles. The molecule has 0 heterocycles. The van der Waals surface area contributed by atoms with Crippen LogP contribution in [-0.2, 0) is 11.3 Å². The van der Waals surface area contributed by atoms with Crippen molar-refractivity contribution in [2.75, 3.05) is 6.54 Å². The highest BCUT2D eigenvalue weighted by Gasteiger charge is 2.24. The lowest BCUT2D eigenvalue weighted by Crippen LogP contribution is -2.54. The molecule has 2 atom stereocenters. The van der Waals surface area contributed by atoms with E-state index in [1.54, 1.807) is 24.3 Å². The second-order valence-corrected chi connectivity index (χ2v) is 6.58. The lowest BCUT2D eigenvalue weighted by molar-refractivity contribution is -0.131. The zero-order chi connectivity index (χ0) is 21.4. The molecule has 2 aromatic carbocycles. The van der Waals surface area contributed by atoms with Gasteiger partial charge in [0, 0.05) is 18.2 Å². The Morgan fingerprint density at radius 3 is 2.07 bits per heavy atom. The number of alkyl halides is 2. The zero-order valence-electron chi connectivity index (χ0n) is 15.9. The molecule has 2 aromatic rings. The molecule has 0 aromatic heterocycles. The van der Waals surface area contributed by atoms with Crippen LogP contribution in [0.1, 0.15) is 22.8 Å². The first kappa shape index (κ1) is 22.4. The molecule has 29 heavy (non-hydrogen) atoms. The first-order chi connectivity index (χ1) is 13.8.